The Hall–Kier alpha value is -2.20. The monoisotopic (exact) mass is 342 g/mol. The molecule has 6 nitrogen and oxygen atoms in total. The Bertz CT molecular complexity index is 934. The molecule has 124 valence electrons. The summed E-state index contributed by atoms with van der Waals surface area (Å²) in [5.41, 5.74) is 0.115. The highest BCUT2D eigenvalue weighted by Gasteiger charge is 2.43. The minimum absolute atomic E-state index is 0.101. The van der Waals surface area contributed by atoms with Gasteiger partial charge < -0.3 is 5.32 Å². The Morgan fingerprint density at radius 1 is 1.54 bits per heavy atom. The minimum atomic E-state index is -0.845. The molecule has 0 aliphatic heterocycles. The van der Waals surface area contributed by atoms with Gasteiger partial charge in [-0.1, -0.05) is 0 Å². The van der Waals surface area contributed by atoms with Crippen LogP contribution in [0.5, 0.6) is 0 Å². The van der Waals surface area contributed by atoms with Crippen LogP contribution in [0.3, 0.4) is 0 Å². The Balaban J connectivity index is 1.61. The number of nitriles is 1. The fourth-order valence-electron chi connectivity index (χ4n) is 3.50. The Kier molecular flexibility index (Phi) is 3.46. The largest absolute Gasteiger partial charge is 0.336 e. The second-order valence-corrected chi connectivity index (χ2v) is 7.94. The smallest absolute Gasteiger partial charge is 0.262 e. The molecule has 7 heteroatoms. The standard InChI is InChI=1S/C17H18N4O2S/c1-17(8-18,10-5-6-10)20-13(22)7-21-9-19-15-14(16(21)23)11-3-2-4-12(11)24-15/h9-10H,2-7H2,1H3,(H,20,22)/t17-/m0/s1. The molecule has 1 fully saturated rings. The van der Waals surface area contributed by atoms with Crippen LogP contribution >= 0.6 is 11.3 Å². The van der Waals surface area contributed by atoms with Crippen LogP contribution < -0.4 is 10.9 Å². The lowest BCUT2D eigenvalue weighted by Gasteiger charge is -2.23. The predicted molar refractivity (Wildman–Crippen MR) is 90.8 cm³/mol. The zero-order valence-electron chi connectivity index (χ0n) is 13.5. The maximum Gasteiger partial charge on any atom is 0.262 e. The number of fused-ring (bicyclic) bond motifs is 3. The van der Waals surface area contributed by atoms with Crippen molar-refractivity contribution in [1.82, 2.24) is 14.9 Å². The van der Waals surface area contributed by atoms with Crippen LogP contribution in [-0.2, 0) is 24.2 Å². The van der Waals surface area contributed by atoms with E-state index in [0.29, 0.717) is 5.39 Å². The molecule has 1 atom stereocenters. The zero-order chi connectivity index (χ0) is 16.9. The van der Waals surface area contributed by atoms with Crippen molar-refractivity contribution in [1.29, 1.82) is 5.26 Å². The van der Waals surface area contributed by atoms with Crippen LogP contribution in [-0.4, -0.2) is 21.0 Å². The van der Waals surface area contributed by atoms with Crippen molar-refractivity contribution in [3.8, 4) is 6.07 Å². The first-order chi connectivity index (χ1) is 11.5. The summed E-state index contributed by atoms with van der Waals surface area (Å²) in [4.78, 5) is 31.5. The van der Waals surface area contributed by atoms with Crippen LogP contribution in [0, 0.1) is 17.2 Å². The van der Waals surface area contributed by atoms with E-state index in [-0.39, 0.29) is 23.9 Å². The van der Waals surface area contributed by atoms with E-state index in [1.807, 2.05) is 0 Å². The lowest BCUT2D eigenvalue weighted by molar-refractivity contribution is -0.123. The summed E-state index contributed by atoms with van der Waals surface area (Å²) >= 11 is 1.59. The number of carbonyl (C=O) groups excluding carboxylic acids is 1. The second kappa shape index (κ2) is 5.42. The number of nitrogens with one attached hydrogen (secondary N) is 1. The highest BCUT2D eigenvalue weighted by Crippen LogP contribution is 2.39. The van der Waals surface area contributed by atoms with Gasteiger partial charge in [0, 0.05) is 4.88 Å². The van der Waals surface area contributed by atoms with Crippen LogP contribution in [0.15, 0.2) is 11.1 Å². The van der Waals surface area contributed by atoms with E-state index in [2.05, 4.69) is 16.4 Å². The van der Waals surface area contributed by atoms with Crippen LogP contribution in [0.1, 0.15) is 36.6 Å². The molecule has 1 N–H and O–H groups in total. The molecule has 2 aromatic rings. The van der Waals surface area contributed by atoms with Gasteiger partial charge in [0.1, 0.15) is 16.9 Å². The summed E-state index contributed by atoms with van der Waals surface area (Å²) in [6.45, 7) is 1.65. The quantitative estimate of drug-likeness (QED) is 0.917. The first-order valence-electron chi connectivity index (χ1n) is 8.24. The normalized spacial score (nSPS) is 18.8. The van der Waals surface area contributed by atoms with Crippen LogP contribution in [0.4, 0.5) is 0 Å². The van der Waals surface area contributed by atoms with Gasteiger partial charge in [0.15, 0.2) is 0 Å². The molecule has 0 spiro atoms. The van der Waals surface area contributed by atoms with Gasteiger partial charge in [-0.15, -0.1) is 11.3 Å². The summed E-state index contributed by atoms with van der Waals surface area (Å²) in [7, 11) is 0. The topological polar surface area (TPSA) is 87.8 Å². The fraction of sp³-hybridized carbons (Fsp3) is 0.529. The van der Waals surface area contributed by atoms with Crippen molar-refractivity contribution in [3.63, 3.8) is 0 Å². The summed E-state index contributed by atoms with van der Waals surface area (Å²) in [5, 5.41) is 12.8. The number of carbonyl (C=O) groups is 1. The van der Waals surface area contributed by atoms with Gasteiger partial charge in [0.25, 0.3) is 5.56 Å². The van der Waals surface area contributed by atoms with E-state index in [9.17, 15) is 14.9 Å². The lowest BCUT2D eigenvalue weighted by Crippen LogP contribution is -2.48. The highest BCUT2D eigenvalue weighted by atomic mass is 32.1. The summed E-state index contributed by atoms with van der Waals surface area (Å²) < 4.78 is 1.35. The number of thiophene rings is 1. The van der Waals surface area contributed by atoms with Gasteiger partial charge in [0.05, 0.1) is 17.8 Å². The third-order valence-electron chi connectivity index (χ3n) is 5.03. The van der Waals surface area contributed by atoms with E-state index in [4.69, 9.17) is 0 Å². The van der Waals surface area contributed by atoms with Crippen molar-refractivity contribution < 1.29 is 4.79 Å². The van der Waals surface area contributed by atoms with Gasteiger partial charge in [-0.2, -0.15) is 5.26 Å². The SMILES string of the molecule is C[C@@](C#N)(NC(=O)Cn1cnc2sc3c(c2c1=O)CCC3)C1CC1. The molecule has 0 aromatic carbocycles. The van der Waals surface area contributed by atoms with Crippen molar-refractivity contribution in [2.75, 3.05) is 0 Å². The fourth-order valence-corrected chi connectivity index (χ4v) is 4.72. The zero-order valence-corrected chi connectivity index (χ0v) is 14.3. The average molecular weight is 342 g/mol. The number of hydrogen-bond acceptors (Lipinski definition) is 5. The van der Waals surface area contributed by atoms with Gasteiger partial charge in [-0.05, 0) is 50.5 Å². The van der Waals surface area contributed by atoms with Crippen molar-refractivity contribution >= 4 is 27.5 Å². The van der Waals surface area contributed by atoms with E-state index < -0.39 is 5.54 Å². The molecule has 2 aliphatic carbocycles. The molecule has 1 amide bonds. The third-order valence-corrected chi connectivity index (χ3v) is 6.23. The van der Waals surface area contributed by atoms with Crippen LogP contribution in [0.2, 0.25) is 0 Å². The Morgan fingerprint density at radius 3 is 3.04 bits per heavy atom. The van der Waals surface area contributed by atoms with E-state index in [1.54, 1.807) is 18.3 Å². The summed E-state index contributed by atoms with van der Waals surface area (Å²) in [6, 6.07) is 2.20. The number of aryl methyl sites for hydroxylation is 2. The molecule has 2 heterocycles. The molecular weight excluding hydrogens is 324 g/mol. The number of rotatable bonds is 4. The molecule has 24 heavy (non-hydrogen) atoms. The van der Waals surface area contributed by atoms with Crippen molar-refractivity contribution in [2.45, 2.75) is 51.1 Å². The minimum Gasteiger partial charge on any atom is -0.336 e. The van der Waals surface area contributed by atoms with Gasteiger partial charge in [-0.25, -0.2) is 4.98 Å². The highest BCUT2D eigenvalue weighted by molar-refractivity contribution is 7.18. The van der Waals surface area contributed by atoms with Crippen molar-refractivity contribution in [3.05, 3.63) is 27.1 Å². The first kappa shape index (κ1) is 15.3. The van der Waals surface area contributed by atoms with E-state index in [0.717, 1.165) is 42.5 Å². The lowest BCUT2D eigenvalue weighted by atomic mass is 9.98. The number of hydrogen-bond donors (Lipinski definition) is 1. The molecule has 0 saturated heterocycles. The number of amides is 1. The third kappa shape index (κ3) is 2.42. The second-order valence-electron chi connectivity index (χ2n) is 6.85. The molecule has 2 aromatic heterocycles. The molecule has 0 bridgehead atoms. The first-order valence-corrected chi connectivity index (χ1v) is 9.05. The van der Waals surface area contributed by atoms with E-state index in [1.165, 1.54) is 15.8 Å². The Labute approximate surface area is 143 Å². The summed E-state index contributed by atoms with van der Waals surface area (Å²) in [5.74, 6) is -0.106. The summed E-state index contributed by atoms with van der Waals surface area (Å²) in [6.07, 6.45) is 6.36. The average Bonchev–Trinajstić information content (AvgIpc) is 3.22. The molecule has 0 radical (unpaired) electrons. The van der Waals surface area contributed by atoms with Crippen molar-refractivity contribution in [2.24, 2.45) is 5.92 Å². The van der Waals surface area contributed by atoms with E-state index >= 15 is 0 Å². The van der Waals surface area contributed by atoms with Gasteiger partial charge in [0.2, 0.25) is 5.91 Å². The molecule has 0 unspecified atom stereocenters. The molecule has 1 saturated carbocycles. The maximum absolute atomic E-state index is 12.8. The number of nitrogens with zero attached hydrogens (tertiary/aromatic N) is 3. The molecule has 4 rings (SSSR count). The number of aromatic nitrogens is 2. The Morgan fingerprint density at radius 2 is 2.33 bits per heavy atom. The van der Waals surface area contributed by atoms with Crippen LogP contribution in [0.25, 0.3) is 10.2 Å². The van der Waals surface area contributed by atoms with Gasteiger partial charge in [-0.3, -0.25) is 14.2 Å². The predicted octanol–water partition coefficient (Wildman–Crippen LogP) is 1.76. The van der Waals surface area contributed by atoms with Gasteiger partial charge >= 0.3 is 0 Å². The maximum atomic E-state index is 12.8. The molecule has 2 aliphatic rings. The molecular formula is C17H18N4O2S.